The van der Waals surface area contributed by atoms with Gasteiger partial charge < -0.3 is 10.4 Å². The van der Waals surface area contributed by atoms with E-state index < -0.39 is 17.4 Å². The van der Waals surface area contributed by atoms with Gasteiger partial charge in [-0.1, -0.05) is 48.0 Å². The van der Waals surface area contributed by atoms with Crippen LogP contribution in [0.15, 0.2) is 60.4 Å². The molecule has 0 heterocycles. The Morgan fingerprint density at radius 2 is 1.82 bits per heavy atom. The van der Waals surface area contributed by atoms with Crippen molar-refractivity contribution in [3.63, 3.8) is 0 Å². The van der Waals surface area contributed by atoms with Crippen LogP contribution in [0.4, 0.5) is 5.69 Å². The fourth-order valence-corrected chi connectivity index (χ4v) is 1.92. The highest BCUT2D eigenvalue weighted by molar-refractivity contribution is 6.31. The lowest BCUT2D eigenvalue weighted by Crippen LogP contribution is -2.15. The molecule has 0 spiro atoms. The van der Waals surface area contributed by atoms with Crippen LogP contribution in [0.3, 0.4) is 0 Å². The van der Waals surface area contributed by atoms with E-state index in [0.717, 1.165) is 11.6 Å². The van der Waals surface area contributed by atoms with Gasteiger partial charge in [0.2, 0.25) is 0 Å². The maximum Gasteiger partial charge on any atom is 0.290 e. The van der Waals surface area contributed by atoms with Gasteiger partial charge in [0.25, 0.3) is 5.91 Å². The van der Waals surface area contributed by atoms with Crippen molar-refractivity contribution in [1.82, 2.24) is 0 Å². The van der Waals surface area contributed by atoms with Crippen molar-refractivity contribution >= 4 is 29.0 Å². The summed E-state index contributed by atoms with van der Waals surface area (Å²) >= 11 is 5.96. The normalized spacial score (nSPS) is 11.1. The minimum Gasteiger partial charge on any atom is -0.503 e. The number of aliphatic hydroxyl groups excluding tert-OH is 1. The van der Waals surface area contributed by atoms with Gasteiger partial charge in [-0.2, -0.15) is 0 Å². The number of carbonyl (C=O) groups excluding carboxylic acids is 2. The molecule has 22 heavy (non-hydrogen) atoms. The average Bonchev–Trinajstić information content (AvgIpc) is 2.51. The number of benzene rings is 2. The molecule has 4 nitrogen and oxygen atoms in total. The molecule has 0 saturated carbocycles. The molecule has 112 valence electrons. The third-order valence-electron chi connectivity index (χ3n) is 2.99. The largest absolute Gasteiger partial charge is 0.503 e. The molecule has 0 atom stereocenters. The molecule has 2 aromatic rings. The number of hydrogen-bond acceptors (Lipinski definition) is 3. The number of rotatable bonds is 4. The Kier molecular flexibility index (Phi) is 4.96. The molecular weight excluding hydrogens is 302 g/mol. The van der Waals surface area contributed by atoms with Crippen LogP contribution in [0.5, 0.6) is 0 Å². The Morgan fingerprint density at radius 3 is 2.45 bits per heavy atom. The van der Waals surface area contributed by atoms with Crippen molar-refractivity contribution in [2.45, 2.75) is 6.92 Å². The van der Waals surface area contributed by atoms with Gasteiger partial charge in [-0.15, -0.1) is 0 Å². The first-order chi connectivity index (χ1) is 10.5. The second kappa shape index (κ2) is 6.91. The lowest BCUT2D eigenvalue weighted by molar-refractivity contribution is -0.115. The summed E-state index contributed by atoms with van der Waals surface area (Å²) in [5.41, 5.74) is 1.70. The fourth-order valence-electron chi connectivity index (χ4n) is 1.74. The van der Waals surface area contributed by atoms with Crippen molar-refractivity contribution in [1.29, 1.82) is 0 Å². The molecule has 0 aliphatic carbocycles. The first kappa shape index (κ1) is 15.8. The minimum atomic E-state index is -0.774. The van der Waals surface area contributed by atoms with Gasteiger partial charge in [-0.05, 0) is 24.6 Å². The molecule has 2 rings (SSSR count). The predicted octanol–water partition coefficient (Wildman–Crippen LogP) is 3.91. The topological polar surface area (TPSA) is 66.4 Å². The zero-order chi connectivity index (χ0) is 16.1. The van der Waals surface area contributed by atoms with E-state index in [4.69, 9.17) is 11.6 Å². The number of halogens is 1. The van der Waals surface area contributed by atoms with E-state index in [2.05, 4.69) is 5.32 Å². The van der Waals surface area contributed by atoms with Gasteiger partial charge in [-0.25, -0.2) is 0 Å². The number of aryl methyl sites for hydroxylation is 1. The van der Waals surface area contributed by atoms with E-state index in [1.165, 1.54) is 0 Å². The van der Waals surface area contributed by atoms with E-state index in [0.29, 0.717) is 16.3 Å². The molecule has 2 N–H and O–H groups in total. The Labute approximate surface area is 133 Å². The summed E-state index contributed by atoms with van der Waals surface area (Å²) in [6.45, 7) is 1.84. The quantitative estimate of drug-likeness (QED) is 0.510. The number of carbonyl (C=O) groups is 2. The standard InChI is InChI=1S/C17H14ClNO3/c1-11-7-8-13(9-14(11)18)19-17(22)16(21)10-15(20)12-5-3-2-4-6-12/h2-10,21H,1H3,(H,19,22)/b16-10-. The van der Waals surface area contributed by atoms with Gasteiger partial charge in [0.1, 0.15) is 0 Å². The van der Waals surface area contributed by atoms with Crippen LogP contribution in [0.25, 0.3) is 0 Å². The first-order valence-corrected chi connectivity index (χ1v) is 6.92. The molecule has 2 aromatic carbocycles. The van der Waals surface area contributed by atoms with E-state index in [9.17, 15) is 14.7 Å². The van der Waals surface area contributed by atoms with Crippen molar-refractivity contribution in [3.05, 3.63) is 76.5 Å². The first-order valence-electron chi connectivity index (χ1n) is 6.55. The van der Waals surface area contributed by atoms with Crippen LogP contribution < -0.4 is 5.32 Å². The summed E-state index contributed by atoms with van der Waals surface area (Å²) in [5.74, 6) is -1.88. The van der Waals surface area contributed by atoms with Crippen LogP contribution in [0.1, 0.15) is 15.9 Å². The van der Waals surface area contributed by atoms with Crippen molar-refractivity contribution < 1.29 is 14.7 Å². The fraction of sp³-hybridized carbons (Fsp3) is 0.0588. The molecular formula is C17H14ClNO3. The highest BCUT2D eigenvalue weighted by Crippen LogP contribution is 2.20. The third-order valence-corrected chi connectivity index (χ3v) is 3.40. The minimum absolute atomic E-state index is 0.389. The molecule has 5 heteroatoms. The van der Waals surface area contributed by atoms with Gasteiger partial charge in [-0.3, -0.25) is 9.59 Å². The molecule has 0 aromatic heterocycles. The van der Waals surface area contributed by atoms with Gasteiger partial charge >= 0.3 is 0 Å². The molecule has 0 unspecified atom stereocenters. The number of allylic oxidation sites excluding steroid dienone is 1. The van der Waals surface area contributed by atoms with Crippen LogP contribution in [-0.2, 0) is 4.79 Å². The molecule has 0 fully saturated rings. The number of ketones is 1. The summed E-state index contributed by atoms with van der Waals surface area (Å²) in [6, 6.07) is 13.3. The van der Waals surface area contributed by atoms with E-state index in [-0.39, 0.29) is 0 Å². The molecule has 0 saturated heterocycles. The number of anilines is 1. The van der Waals surface area contributed by atoms with Crippen molar-refractivity contribution in [2.24, 2.45) is 0 Å². The number of nitrogens with one attached hydrogen (secondary N) is 1. The molecule has 0 aliphatic heterocycles. The summed E-state index contributed by atoms with van der Waals surface area (Å²) in [6.07, 6.45) is 0.889. The van der Waals surface area contributed by atoms with Crippen LogP contribution in [0.2, 0.25) is 5.02 Å². The van der Waals surface area contributed by atoms with E-state index in [1.54, 1.807) is 48.5 Å². The van der Waals surface area contributed by atoms with Gasteiger partial charge in [0.15, 0.2) is 11.5 Å². The van der Waals surface area contributed by atoms with Crippen LogP contribution in [-0.4, -0.2) is 16.8 Å². The number of amides is 1. The summed E-state index contributed by atoms with van der Waals surface area (Å²) in [5, 5.41) is 12.7. The Balaban J connectivity index is 2.10. The monoisotopic (exact) mass is 315 g/mol. The summed E-state index contributed by atoms with van der Waals surface area (Å²) in [7, 11) is 0. The van der Waals surface area contributed by atoms with E-state index >= 15 is 0 Å². The van der Waals surface area contributed by atoms with Crippen molar-refractivity contribution in [2.75, 3.05) is 5.32 Å². The maximum absolute atomic E-state index is 11.9. The predicted molar refractivity (Wildman–Crippen MR) is 86.3 cm³/mol. The SMILES string of the molecule is Cc1ccc(NC(=O)/C(O)=C/C(=O)c2ccccc2)cc1Cl. The highest BCUT2D eigenvalue weighted by Gasteiger charge is 2.12. The number of hydrogen-bond donors (Lipinski definition) is 2. The molecule has 0 aliphatic rings. The summed E-state index contributed by atoms with van der Waals surface area (Å²) in [4.78, 5) is 23.7. The van der Waals surface area contributed by atoms with Crippen LogP contribution >= 0.6 is 11.6 Å². The Morgan fingerprint density at radius 1 is 1.14 bits per heavy atom. The van der Waals surface area contributed by atoms with Crippen LogP contribution in [0, 0.1) is 6.92 Å². The third kappa shape index (κ3) is 3.96. The molecule has 0 radical (unpaired) electrons. The number of aliphatic hydroxyl groups is 1. The van der Waals surface area contributed by atoms with Gasteiger partial charge in [0, 0.05) is 22.3 Å². The lowest BCUT2D eigenvalue weighted by atomic mass is 10.1. The molecule has 0 bridgehead atoms. The Hall–Kier alpha value is -2.59. The van der Waals surface area contributed by atoms with Gasteiger partial charge in [0.05, 0.1) is 0 Å². The smallest absolute Gasteiger partial charge is 0.290 e. The second-order valence-electron chi connectivity index (χ2n) is 4.68. The highest BCUT2D eigenvalue weighted by atomic mass is 35.5. The average molecular weight is 316 g/mol. The molecule has 1 amide bonds. The Bertz CT molecular complexity index is 739. The van der Waals surface area contributed by atoms with E-state index in [1.807, 2.05) is 6.92 Å². The van der Waals surface area contributed by atoms with Crippen molar-refractivity contribution in [3.8, 4) is 0 Å². The summed E-state index contributed by atoms with van der Waals surface area (Å²) < 4.78 is 0. The second-order valence-corrected chi connectivity index (χ2v) is 5.09. The zero-order valence-corrected chi connectivity index (χ0v) is 12.6. The lowest BCUT2D eigenvalue weighted by Gasteiger charge is -2.06. The maximum atomic E-state index is 11.9. The zero-order valence-electron chi connectivity index (χ0n) is 11.8.